The minimum atomic E-state index is -3.31. The van der Waals surface area contributed by atoms with Gasteiger partial charge in [-0.25, -0.2) is 8.42 Å². The Kier molecular flexibility index (Phi) is 4.65. The van der Waals surface area contributed by atoms with Gasteiger partial charge in [-0.3, -0.25) is 0 Å². The number of hydrogen-bond acceptors (Lipinski definition) is 3. The van der Waals surface area contributed by atoms with Crippen molar-refractivity contribution in [3.05, 3.63) is 18.0 Å². The summed E-state index contributed by atoms with van der Waals surface area (Å²) in [5.41, 5.74) is 0.916. The molecule has 2 N–H and O–H groups in total. The van der Waals surface area contributed by atoms with Gasteiger partial charge in [0, 0.05) is 31.5 Å². The van der Waals surface area contributed by atoms with E-state index in [9.17, 15) is 8.42 Å². The molecular weight excluding hydrogens is 262 g/mol. The van der Waals surface area contributed by atoms with E-state index in [1.165, 1.54) is 0 Å². The van der Waals surface area contributed by atoms with Crippen molar-refractivity contribution < 1.29 is 8.42 Å². The van der Waals surface area contributed by atoms with Crippen molar-refractivity contribution in [3.8, 4) is 0 Å². The van der Waals surface area contributed by atoms with Crippen molar-refractivity contribution in [1.29, 1.82) is 0 Å². The number of nitrogens with one attached hydrogen (secondary N) is 2. The first-order valence-electron chi connectivity index (χ1n) is 6.92. The Morgan fingerprint density at radius 2 is 2.32 bits per heavy atom. The lowest BCUT2D eigenvalue weighted by Crippen LogP contribution is -2.28. The average molecular weight is 285 g/mol. The molecule has 1 aliphatic heterocycles. The van der Waals surface area contributed by atoms with Crippen LogP contribution in [0.25, 0.3) is 0 Å². The summed E-state index contributed by atoms with van der Waals surface area (Å²) >= 11 is 0. The van der Waals surface area contributed by atoms with E-state index in [-0.39, 0.29) is 0 Å². The molecule has 6 heteroatoms. The van der Waals surface area contributed by atoms with Crippen LogP contribution >= 0.6 is 0 Å². The zero-order valence-electron chi connectivity index (χ0n) is 11.6. The fourth-order valence-corrected chi connectivity index (χ4v) is 3.93. The van der Waals surface area contributed by atoms with Gasteiger partial charge in [0.1, 0.15) is 0 Å². The Labute approximate surface area is 115 Å². The van der Waals surface area contributed by atoms with Crippen molar-refractivity contribution in [3.63, 3.8) is 0 Å². The van der Waals surface area contributed by atoms with Crippen LogP contribution in [-0.4, -0.2) is 37.3 Å². The quantitative estimate of drug-likeness (QED) is 0.779. The van der Waals surface area contributed by atoms with E-state index >= 15 is 0 Å². The summed E-state index contributed by atoms with van der Waals surface area (Å²) in [6.45, 7) is 7.08. The van der Waals surface area contributed by atoms with Crippen LogP contribution in [0.5, 0.6) is 0 Å². The van der Waals surface area contributed by atoms with Crippen LogP contribution < -0.4 is 5.32 Å². The molecule has 0 radical (unpaired) electrons. The average Bonchev–Trinajstić information content (AvgIpc) is 2.99. The molecule has 1 saturated heterocycles. The molecule has 2 rings (SSSR count). The summed E-state index contributed by atoms with van der Waals surface area (Å²) in [5, 5.41) is 3.25. The Bertz CT molecular complexity index is 510. The van der Waals surface area contributed by atoms with Gasteiger partial charge in [0.15, 0.2) is 0 Å². The van der Waals surface area contributed by atoms with Crippen LogP contribution in [0.3, 0.4) is 0 Å². The smallest absolute Gasteiger partial charge is 0.244 e. The Morgan fingerprint density at radius 3 is 2.95 bits per heavy atom. The number of hydrogen-bond donors (Lipinski definition) is 2. The molecule has 1 aromatic heterocycles. The number of nitrogens with zero attached hydrogens (tertiary/aromatic N) is 1. The second-order valence-electron chi connectivity index (χ2n) is 5.29. The first-order chi connectivity index (χ1) is 9.04. The lowest BCUT2D eigenvalue weighted by molar-refractivity contribution is 0.464. The van der Waals surface area contributed by atoms with E-state index in [2.05, 4.69) is 24.1 Å². The molecule has 0 saturated carbocycles. The SMILES string of the molecule is CCCNCc1cc(S(=O)(=O)N2CCC(C)C2)c[nH]1. The second kappa shape index (κ2) is 6.07. The predicted molar refractivity (Wildman–Crippen MR) is 75.3 cm³/mol. The molecule has 0 aromatic carbocycles. The fraction of sp³-hybridized carbons (Fsp3) is 0.692. The summed E-state index contributed by atoms with van der Waals surface area (Å²) < 4.78 is 26.4. The van der Waals surface area contributed by atoms with Gasteiger partial charge in [0.2, 0.25) is 10.0 Å². The van der Waals surface area contributed by atoms with E-state index in [1.54, 1.807) is 16.6 Å². The zero-order chi connectivity index (χ0) is 13.9. The maximum absolute atomic E-state index is 12.4. The molecule has 1 aromatic rings. The maximum atomic E-state index is 12.4. The lowest BCUT2D eigenvalue weighted by atomic mass is 10.2. The van der Waals surface area contributed by atoms with Crippen LogP contribution in [0.15, 0.2) is 17.2 Å². The third-order valence-corrected chi connectivity index (χ3v) is 5.33. The normalized spacial score (nSPS) is 21.1. The number of aromatic nitrogens is 1. The Morgan fingerprint density at radius 1 is 1.53 bits per heavy atom. The summed E-state index contributed by atoms with van der Waals surface area (Å²) in [6.07, 6.45) is 3.62. The molecule has 0 spiro atoms. The van der Waals surface area contributed by atoms with Gasteiger partial charge in [0.05, 0.1) is 4.90 Å². The van der Waals surface area contributed by atoms with E-state index < -0.39 is 10.0 Å². The molecule has 0 amide bonds. The van der Waals surface area contributed by atoms with Crippen LogP contribution in [0.2, 0.25) is 0 Å². The molecule has 0 bridgehead atoms. The van der Waals surface area contributed by atoms with Crippen molar-refractivity contribution in [2.75, 3.05) is 19.6 Å². The maximum Gasteiger partial charge on any atom is 0.244 e. The fourth-order valence-electron chi connectivity index (χ4n) is 2.33. The molecule has 0 aliphatic carbocycles. The van der Waals surface area contributed by atoms with E-state index in [1.807, 2.05) is 0 Å². The molecule has 2 heterocycles. The highest BCUT2D eigenvalue weighted by Gasteiger charge is 2.31. The largest absolute Gasteiger partial charge is 0.363 e. The summed E-state index contributed by atoms with van der Waals surface area (Å²) in [5.74, 6) is 0.458. The second-order valence-corrected chi connectivity index (χ2v) is 7.23. The highest BCUT2D eigenvalue weighted by molar-refractivity contribution is 7.89. The lowest BCUT2D eigenvalue weighted by Gasteiger charge is -2.14. The topological polar surface area (TPSA) is 65.2 Å². The number of sulfonamides is 1. The Hall–Kier alpha value is -0.850. The van der Waals surface area contributed by atoms with Crippen molar-refractivity contribution in [2.45, 2.75) is 38.1 Å². The van der Waals surface area contributed by atoms with Gasteiger partial charge in [-0.05, 0) is 31.4 Å². The standard InChI is InChI=1S/C13H23N3O2S/c1-3-5-14-8-12-7-13(9-15-12)19(17,18)16-6-4-11(2)10-16/h7,9,11,14-15H,3-6,8,10H2,1-2H3. The van der Waals surface area contributed by atoms with Crippen molar-refractivity contribution in [2.24, 2.45) is 5.92 Å². The molecule has 108 valence electrons. The van der Waals surface area contributed by atoms with Crippen LogP contribution in [0, 0.1) is 5.92 Å². The summed E-state index contributed by atoms with van der Waals surface area (Å²) in [4.78, 5) is 3.42. The van der Waals surface area contributed by atoms with Gasteiger partial charge < -0.3 is 10.3 Å². The van der Waals surface area contributed by atoms with Gasteiger partial charge in [-0.15, -0.1) is 0 Å². The van der Waals surface area contributed by atoms with Crippen LogP contribution in [-0.2, 0) is 16.6 Å². The molecule has 1 atom stereocenters. The third kappa shape index (κ3) is 3.38. The number of H-pyrrole nitrogens is 1. The monoisotopic (exact) mass is 285 g/mol. The first kappa shape index (κ1) is 14.6. The highest BCUT2D eigenvalue weighted by atomic mass is 32.2. The van der Waals surface area contributed by atoms with Gasteiger partial charge >= 0.3 is 0 Å². The van der Waals surface area contributed by atoms with E-state index in [0.717, 1.165) is 25.1 Å². The highest BCUT2D eigenvalue weighted by Crippen LogP contribution is 2.24. The summed E-state index contributed by atoms with van der Waals surface area (Å²) in [7, 11) is -3.31. The van der Waals surface area contributed by atoms with Crippen molar-refractivity contribution in [1.82, 2.24) is 14.6 Å². The molecule has 1 fully saturated rings. The van der Waals surface area contributed by atoms with Gasteiger partial charge in [0.25, 0.3) is 0 Å². The van der Waals surface area contributed by atoms with Gasteiger partial charge in [-0.2, -0.15) is 4.31 Å². The van der Waals surface area contributed by atoms with E-state index in [4.69, 9.17) is 0 Å². The third-order valence-electron chi connectivity index (χ3n) is 3.48. The van der Waals surface area contributed by atoms with Crippen LogP contribution in [0.4, 0.5) is 0 Å². The molecule has 1 aliphatic rings. The zero-order valence-corrected chi connectivity index (χ0v) is 12.5. The minimum Gasteiger partial charge on any atom is -0.363 e. The molecule has 1 unspecified atom stereocenters. The predicted octanol–water partition coefficient (Wildman–Crippen LogP) is 1.54. The molecular formula is C13H23N3O2S. The molecule has 19 heavy (non-hydrogen) atoms. The first-order valence-corrected chi connectivity index (χ1v) is 8.36. The van der Waals surface area contributed by atoms with Crippen LogP contribution in [0.1, 0.15) is 32.4 Å². The van der Waals surface area contributed by atoms with E-state index in [0.29, 0.717) is 30.4 Å². The number of rotatable bonds is 6. The number of aromatic amines is 1. The van der Waals surface area contributed by atoms with Crippen molar-refractivity contribution >= 4 is 10.0 Å². The molecule has 5 nitrogen and oxygen atoms in total. The van der Waals surface area contributed by atoms with Gasteiger partial charge in [-0.1, -0.05) is 13.8 Å². The summed E-state index contributed by atoms with van der Waals surface area (Å²) in [6, 6.07) is 1.74. The minimum absolute atomic E-state index is 0.384. The Balaban J connectivity index is 2.04.